The molecule has 0 fully saturated rings. The molecule has 0 radical (unpaired) electrons. The van der Waals surface area contributed by atoms with E-state index in [0.29, 0.717) is 35.5 Å². The van der Waals surface area contributed by atoms with Crippen LogP contribution in [0.25, 0.3) is 11.4 Å². The number of rotatable bonds is 8. The normalized spacial score (nSPS) is 10.7. The molecule has 0 aliphatic heterocycles. The summed E-state index contributed by atoms with van der Waals surface area (Å²) in [6.07, 6.45) is 2.04. The van der Waals surface area contributed by atoms with Crippen LogP contribution in [0.2, 0.25) is 0 Å². The van der Waals surface area contributed by atoms with Crippen LogP contribution in [0.4, 0.5) is 8.78 Å². The van der Waals surface area contributed by atoms with Gasteiger partial charge in [0.25, 0.3) is 0 Å². The van der Waals surface area contributed by atoms with Crippen LogP contribution in [0.5, 0.6) is 11.6 Å². The van der Waals surface area contributed by atoms with Gasteiger partial charge in [0.1, 0.15) is 17.4 Å². The number of pyridine rings is 1. The minimum absolute atomic E-state index is 0.171. The summed E-state index contributed by atoms with van der Waals surface area (Å²) < 4.78 is 36.6. The lowest BCUT2D eigenvalue weighted by Gasteiger charge is -2.07. The summed E-state index contributed by atoms with van der Waals surface area (Å²) in [6.45, 7) is 0.299. The molecule has 0 saturated carbocycles. The molecule has 1 N–H and O–H groups in total. The molecule has 2 heterocycles. The third-order valence-corrected chi connectivity index (χ3v) is 4.46. The number of carbonyl (C=O) groups is 1. The number of aryl methyl sites for hydroxylation is 1. The van der Waals surface area contributed by atoms with Crippen LogP contribution in [-0.2, 0) is 17.8 Å². The van der Waals surface area contributed by atoms with Crippen LogP contribution in [0.1, 0.15) is 17.9 Å². The van der Waals surface area contributed by atoms with E-state index >= 15 is 0 Å². The van der Waals surface area contributed by atoms with Gasteiger partial charge in [0.15, 0.2) is 0 Å². The maximum atomic E-state index is 13.0. The Balaban J connectivity index is 1.23. The van der Waals surface area contributed by atoms with Crippen molar-refractivity contribution in [1.82, 2.24) is 20.4 Å². The van der Waals surface area contributed by atoms with Gasteiger partial charge in [-0.15, -0.1) is 0 Å². The fourth-order valence-electron chi connectivity index (χ4n) is 2.78. The number of hydrogen-bond donors (Lipinski definition) is 1. The number of carbonyl (C=O) groups excluding carboxylic acids is 1. The smallest absolute Gasteiger partial charge is 0.227 e. The number of nitrogens with zero attached hydrogens (tertiary/aromatic N) is 3. The zero-order valence-electron chi connectivity index (χ0n) is 16.8. The fraction of sp³-hybridized carbons (Fsp3) is 0.130. The van der Waals surface area contributed by atoms with Crippen LogP contribution < -0.4 is 10.1 Å². The van der Waals surface area contributed by atoms with E-state index in [1.165, 1.54) is 36.4 Å². The molecule has 0 unspecified atom stereocenters. The quantitative estimate of drug-likeness (QED) is 0.439. The molecule has 2 aromatic carbocycles. The average molecular weight is 436 g/mol. The van der Waals surface area contributed by atoms with Gasteiger partial charge < -0.3 is 14.6 Å². The first-order chi connectivity index (χ1) is 15.5. The molecule has 7 nitrogen and oxygen atoms in total. The minimum atomic E-state index is -0.348. The van der Waals surface area contributed by atoms with Crippen molar-refractivity contribution in [3.63, 3.8) is 0 Å². The first-order valence-corrected chi connectivity index (χ1v) is 9.79. The molecule has 4 aromatic rings. The number of aromatic nitrogens is 3. The average Bonchev–Trinajstić information content (AvgIpc) is 3.28. The van der Waals surface area contributed by atoms with Crippen molar-refractivity contribution >= 4 is 5.91 Å². The summed E-state index contributed by atoms with van der Waals surface area (Å²) >= 11 is 0. The molecule has 0 saturated heterocycles. The van der Waals surface area contributed by atoms with Crippen LogP contribution in [0.3, 0.4) is 0 Å². The van der Waals surface area contributed by atoms with Crippen molar-refractivity contribution in [3.05, 3.63) is 89.9 Å². The van der Waals surface area contributed by atoms with E-state index in [4.69, 9.17) is 9.26 Å². The Hall–Kier alpha value is -4.14. The number of benzene rings is 2. The lowest BCUT2D eigenvalue weighted by atomic mass is 10.2. The molecule has 0 spiro atoms. The highest BCUT2D eigenvalue weighted by molar-refractivity contribution is 5.76. The molecule has 32 heavy (non-hydrogen) atoms. The highest BCUT2D eigenvalue weighted by Crippen LogP contribution is 2.20. The van der Waals surface area contributed by atoms with Gasteiger partial charge in [-0.3, -0.25) is 4.79 Å². The fourth-order valence-corrected chi connectivity index (χ4v) is 2.78. The molecular weight excluding hydrogens is 418 g/mol. The lowest BCUT2D eigenvalue weighted by Crippen LogP contribution is -2.23. The summed E-state index contributed by atoms with van der Waals surface area (Å²) in [7, 11) is 0. The van der Waals surface area contributed by atoms with Gasteiger partial charge in [0.05, 0.1) is 0 Å². The molecule has 2 aromatic heterocycles. The van der Waals surface area contributed by atoms with Gasteiger partial charge in [-0.1, -0.05) is 11.2 Å². The van der Waals surface area contributed by atoms with E-state index in [2.05, 4.69) is 20.4 Å². The predicted octanol–water partition coefficient (Wildman–Crippen LogP) is 4.45. The number of hydrogen-bond acceptors (Lipinski definition) is 6. The first kappa shape index (κ1) is 21.1. The van der Waals surface area contributed by atoms with E-state index in [9.17, 15) is 13.6 Å². The van der Waals surface area contributed by atoms with Crippen molar-refractivity contribution in [2.24, 2.45) is 0 Å². The van der Waals surface area contributed by atoms with Gasteiger partial charge >= 0.3 is 0 Å². The van der Waals surface area contributed by atoms with Crippen LogP contribution >= 0.6 is 0 Å². The predicted molar refractivity (Wildman–Crippen MR) is 111 cm³/mol. The van der Waals surface area contributed by atoms with Crippen LogP contribution in [-0.4, -0.2) is 21.0 Å². The van der Waals surface area contributed by atoms with Crippen molar-refractivity contribution < 1.29 is 22.8 Å². The third kappa shape index (κ3) is 5.72. The van der Waals surface area contributed by atoms with Gasteiger partial charge in [-0.05, 0) is 54.1 Å². The lowest BCUT2D eigenvalue weighted by molar-refractivity contribution is -0.121. The van der Waals surface area contributed by atoms with Gasteiger partial charge in [-0.2, -0.15) is 4.98 Å². The monoisotopic (exact) mass is 436 g/mol. The van der Waals surface area contributed by atoms with E-state index in [-0.39, 0.29) is 30.4 Å². The summed E-state index contributed by atoms with van der Waals surface area (Å²) in [4.78, 5) is 20.5. The molecular formula is C23H18F2N4O3. The Morgan fingerprint density at radius 1 is 0.969 bits per heavy atom. The van der Waals surface area contributed by atoms with Gasteiger partial charge in [-0.25, -0.2) is 13.8 Å². The zero-order valence-corrected chi connectivity index (χ0v) is 16.8. The van der Waals surface area contributed by atoms with Crippen LogP contribution in [0, 0.1) is 11.6 Å². The third-order valence-electron chi connectivity index (χ3n) is 4.46. The van der Waals surface area contributed by atoms with Crippen molar-refractivity contribution in [2.75, 3.05) is 0 Å². The molecule has 0 aliphatic rings. The molecule has 4 rings (SSSR count). The maximum absolute atomic E-state index is 13.0. The second-order valence-electron chi connectivity index (χ2n) is 6.86. The summed E-state index contributed by atoms with van der Waals surface area (Å²) in [5.41, 5.74) is 1.42. The molecule has 0 aliphatic carbocycles. The molecule has 1 amide bonds. The zero-order chi connectivity index (χ0) is 22.3. The summed E-state index contributed by atoms with van der Waals surface area (Å²) in [5.74, 6) is 0.628. The SMILES string of the molecule is O=C(CCc1nc(-c2ccc(F)cc2)no1)NCc1ccc(Oc2ccc(F)cc2)nc1. The topological polar surface area (TPSA) is 90.1 Å². The molecule has 162 valence electrons. The standard InChI is InChI=1S/C23H18F2N4O3/c24-17-4-2-16(3-5-17)23-28-22(32-29-23)12-10-20(30)26-13-15-1-11-21(27-14-15)31-19-8-6-18(25)7-9-19/h1-9,11,14H,10,12-13H2,(H,26,30). The van der Waals surface area contributed by atoms with E-state index in [1.54, 1.807) is 30.5 Å². The Bertz CT molecular complexity index is 1180. The molecule has 0 bridgehead atoms. The summed E-state index contributed by atoms with van der Waals surface area (Å²) in [5, 5.41) is 6.65. The second-order valence-corrected chi connectivity index (χ2v) is 6.86. The Morgan fingerprint density at radius 2 is 1.69 bits per heavy atom. The van der Waals surface area contributed by atoms with E-state index < -0.39 is 0 Å². The number of nitrogens with one attached hydrogen (secondary N) is 1. The largest absolute Gasteiger partial charge is 0.439 e. The number of amides is 1. The minimum Gasteiger partial charge on any atom is -0.439 e. The van der Waals surface area contributed by atoms with Crippen molar-refractivity contribution in [3.8, 4) is 23.0 Å². The van der Waals surface area contributed by atoms with Gasteiger partial charge in [0.2, 0.25) is 23.5 Å². The maximum Gasteiger partial charge on any atom is 0.227 e. The Labute approximate surface area is 182 Å². The Morgan fingerprint density at radius 3 is 2.38 bits per heavy atom. The Kier molecular flexibility index (Phi) is 6.45. The van der Waals surface area contributed by atoms with Gasteiger partial charge in [0, 0.05) is 37.2 Å². The number of halogens is 2. The highest BCUT2D eigenvalue weighted by Gasteiger charge is 2.11. The molecule has 9 heteroatoms. The highest BCUT2D eigenvalue weighted by atomic mass is 19.1. The molecule has 0 atom stereocenters. The van der Waals surface area contributed by atoms with Crippen LogP contribution in [0.15, 0.2) is 71.4 Å². The number of ether oxygens (including phenoxy) is 1. The van der Waals surface area contributed by atoms with E-state index in [0.717, 1.165) is 5.56 Å². The summed E-state index contributed by atoms with van der Waals surface area (Å²) in [6, 6.07) is 14.8. The van der Waals surface area contributed by atoms with Crippen molar-refractivity contribution in [1.29, 1.82) is 0 Å². The second kappa shape index (κ2) is 9.78. The van der Waals surface area contributed by atoms with E-state index in [1.807, 2.05) is 0 Å². The van der Waals surface area contributed by atoms with Crippen molar-refractivity contribution in [2.45, 2.75) is 19.4 Å². The first-order valence-electron chi connectivity index (χ1n) is 9.79.